The fourth-order valence-electron chi connectivity index (χ4n) is 1.71. The molecule has 1 rings (SSSR count). The van der Waals surface area contributed by atoms with Crippen LogP contribution in [0.15, 0.2) is 6.07 Å². The van der Waals surface area contributed by atoms with Crippen molar-refractivity contribution < 1.29 is 23.7 Å². The molecule has 0 spiro atoms. The minimum Gasteiger partial charge on any atom is -0.493 e. The number of ether oxygens (including phenoxy) is 3. The fourth-order valence-corrected chi connectivity index (χ4v) is 1.71. The summed E-state index contributed by atoms with van der Waals surface area (Å²) in [6.45, 7) is 0.269. The Kier molecular flexibility index (Phi) is 5.18. The number of likely N-dealkylation sites (N-methyl/N-ethyl adjacent to an activating group) is 1. The molecule has 0 aliphatic rings. The molecule has 1 atom stereocenters. The van der Waals surface area contributed by atoms with Gasteiger partial charge in [0.2, 0.25) is 11.6 Å². The van der Waals surface area contributed by atoms with Crippen LogP contribution in [0.1, 0.15) is 11.7 Å². The summed E-state index contributed by atoms with van der Waals surface area (Å²) in [6, 6.07) is 1.50. The summed E-state index contributed by atoms with van der Waals surface area (Å²) >= 11 is 0. The summed E-state index contributed by atoms with van der Waals surface area (Å²) in [7, 11) is 5.76. The van der Waals surface area contributed by atoms with Gasteiger partial charge >= 0.3 is 0 Å². The van der Waals surface area contributed by atoms with Crippen LogP contribution < -0.4 is 19.5 Å². The van der Waals surface area contributed by atoms with Crippen LogP contribution >= 0.6 is 0 Å². The lowest BCUT2D eigenvalue weighted by Gasteiger charge is -2.18. The van der Waals surface area contributed by atoms with Gasteiger partial charge < -0.3 is 24.6 Å². The van der Waals surface area contributed by atoms with Gasteiger partial charge in [0.05, 0.1) is 27.4 Å². The van der Waals surface area contributed by atoms with Gasteiger partial charge in [-0.25, -0.2) is 0 Å². The standard InChI is InChI=1S/C12H18FNO4/c1-14-6-8(15)7-5-9(16-2)12(18-4)10(13)11(7)17-3/h5,8,14-15H,6H2,1-4H3. The van der Waals surface area contributed by atoms with Crippen LogP contribution in [0, 0.1) is 5.82 Å². The van der Waals surface area contributed by atoms with E-state index in [4.69, 9.17) is 14.2 Å². The molecule has 0 heterocycles. The van der Waals surface area contributed by atoms with E-state index in [1.165, 1.54) is 27.4 Å². The van der Waals surface area contributed by atoms with E-state index in [2.05, 4.69) is 5.32 Å². The molecule has 18 heavy (non-hydrogen) atoms. The van der Waals surface area contributed by atoms with Crippen LogP contribution in [0.5, 0.6) is 17.2 Å². The molecular weight excluding hydrogens is 241 g/mol. The fraction of sp³-hybridized carbons (Fsp3) is 0.500. The Bertz CT molecular complexity index is 412. The summed E-state index contributed by atoms with van der Waals surface area (Å²) < 4.78 is 29.1. The van der Waals surface area contributed by atoms with Gasteiger partial charge in [0.1, 0.15) is 0 Å². The molecule has 5 nitrogen and oxygen atoms in total. The van der Waals surface area contributed by atoms with E-state index in [-0.39, 0.29) is 23.8 Å². The molecule has 0 saturated heterocycles. The molecule has 0 radical (unpaired) electrons. The SMILES string of the molecule is CNCC(O)c1cc(OC)c(OC)c(F)c1OC. The van der Waals surface area contributed by atoms with Gasteiger partial charge in [-0.15, -0.1) is 0 Å². The number of hydrogen-bond donors (Lipinski definition) is 2. The number of halogens is 1. The second-order valence-electron chi connectivity index (χ2n) is 3.62. The molecule has 0 saturated carbocycles. The number of nitrogens with one attached hydrogen (secondary N) is 1. The number of aliphatic hydroxyl groups is 1. The molecule has 0 aliphatic heterocycles. The average Bonchev–Trinajstić information content (AvgIpc) is 2.37. The first-order chi connectivity index (χ1) is 8.60. The monoisotopic (exact) mass is 259 g/mol. The summed E-state index contributed by atoms with van der Waals surface area (Å²) in [5.41, 5.74) is 0.307. The van der Waals surface area contributed by atoms with Crippen molar-refractivity contribution in [2.75, 3.05) is 34.9 Å². The smallest absolute Gasteiger partial charge is 0.211 e. The van der Waals surface area contributed by atoms with Crippen LogP contribution in [0.3, 0.4) is 0 Å². The zero-order valence-electron chi connectivity index (χ0n) is 10.9. The van der Waals surface area contributed by atoms with Crippen molar-refractivity contribution >= 4 is 0 Å². The predicted molar refractivity (Wildman–Crippen MR) is 64.9 cm³/mol. The van der Waals surface area contributed by atoms with Crippen molar-refractivity contribution in [3.63, 3.8) is 0 Å². The van der Waals surface area contributed by atoms with E-state index in [0.717, 1.165) is 0 Å². The lowest BCUT2D eigenvalue weighted by Crippen LogP contribution is -2.18. The Labute approximate surface area is 105 Å². The van der Waals surface area contributed by atoms with Crippen LogP contribution in [-0.2, 0) is 0 Å². The first-order valence-electron chi connectivity index (χ1n) is 5.41. The third kappa shape index (κ3) is 2.65. The Morgan fingerprint density at radius 1 is 1.22 bits per heavy atom. The van der Waals surface area contributed by atoms with E-state index in [0.29, 0.717) is 5.56 Å². The van der Waals surface area contributed by atoms with E-state index in [1.807, 2.05) is 0 Å². The summed E-state index contributed by atoms with van der Waals surface area (Å²) in [5, 5.41) is 12.7. The molecule has 0 aromatic heterocycles. The molecule has 0 bridgehead atoms. The van der Waals surface area contributed by atoms with Crippen molar-refractivity contribution in [3.05, 3.63) is 17.4 Å². The van der Waals surface area contributed by atoms with Crippen molar-refractivity contribution in [1.82, 2.24) is 5.32 Å². The molecule has 0 amide bonds. The van der Waals surface area contributed by atoms with Crippen molar-refractivity contribution in [2.24, 2.45) is 0 Å². The maximum atomic E-state index is 14.1. The zero-order valence-corrected chi connectivity index (χ0v) is 10.9. The van der Waals surface area contributed by atoms with Crippen molar-refractivity contribution in [3.8, 4) is 17.2 Å². The minimum absolute atomic E-state index is 0.0459. The number of methoxy groups -OCH3 is 3. The highest BCUT2D eigenvalue weighted by molar-refractivity contribution is 5.53. The largest absolute Gasteiger partial charge is 0.493 e. The quantitative estimate of drug-likeness (QED) is 0.801. The van der Waals surface area contributed by atoms with Gasteiger partial charge in [-0.1, -0.05) is 0 Å². The first-order valence-corrected chi connectivity index (χ1v) is 5.41. The Morgan fingerprint density at radius 2 is 1.83 bits per heavy atom. The minimum atomic E-state index is -0.903. The molecular formula is C12H18FNO4. The van der Waals surface area contributed by atoms with E-state index < -0.39 is 11.9 Å². The molecule has 2 N–H and O–H groups in total. The summed E-state index contributed by atoms with van der Waals surface area (Å²) in [4.78, 5) is 0. The van der Waals surface area contributed by atoms with Crippen LogP contribution in [0.4, 0.5) is 4.39 Å². The summed E-state index contributed by atoms with van der Waals surface area (Å²) in [5.74, 6) is -0.574. The van der Waals surface area contributed by atoms with E-state index in [1.54, 1.807) is 7.05 Å². The van der Waals surface area contributed by atoms with Gasteiger partial charge in [0.25, 0.3) is 0 Å². The van der Waals surface area contributed by atoms with Gasteiger partial charge in [-0.05, 0) is 13.1 Å². The maximum Gasteiger partial charge on any atom is 0.211 e. The van der Waals surface area contributed by atoms with Crippen LogP contribution in [-0.4, -0.2) is 40.0 Å². The first kappa shape index (κ1) is 14.5. The number of benzene rings is 1. The van der Waals surface area contributed by atoms with Crippen molar-refractivity contribution in [1.29, 1.82) is 0 Å². The van der Waals surface area contributed by atoms with Crippen molar-refractivity contribution in [2.45, 2.75) is 6.10 Å². The molecule has 102 valence electrons. The lowest BCUT2D eigenvalue weighted by molar-refractivity contribution is 0.171. The highest BCUT2D eigenvalue weighted by atomic mass is 19.1. The molecule has 0 fully saturated rings. The number of aliphatic hydroxyl groups excluding tert-OH is 1. The number of hydrogen-bond acceptors (Lipinski definition) is 5. The van der Waals surface area contributed by atoms with Gasteiger partial charge in [0, 0.05) is 12.1 Å². The Balaban J connectivity index is 3.37. The number of rotatable bonds is 6. The zero-order chi connectivity index (χ0) is 13.7. The van der Waals surface area contributed by atoms with E-state index in [9.17, 15) is 9.50 Å². The second-order valence-corrected chi connectivity index (χ2v) is 3.62. The van der Waals surface area contributed by atoms with Gasteiger partial charge in [-0.2, -0.15) is 4.39 Å². The normalized spacial score (nSPS) is 12.1. The predicted octanol–water partition coefficient (Wildman–Crippen LogP) is 1.10. The van der Waals surface area contributed by atoms with Crippen LogP contribution in [0.2, 0.25) is 0 Å². The molecule has 6 heteroatoms. The third-order valence-corrected chi connectivity index (χ3v) is 2.56. The molecule has 1 aromatic carbocycles. The van der Waals surface area contributed by atoms with E-state index >= 15 is 0 Å². The molecule has 1 unspecified atom stereocenters. The van der Waals surface area contributed by atoms with Gasteiger partial charge in [0.15, 0.2) is 11.5 Å². The topological polar surface area (TPSA) is 60.0 Å². The van der Waals surface area contributed by atoms with Gasteiger partial charge in [-0.3, -0.25) is 0 Å². The second kappa shape index (κ2) is 6.42. The Morgan fingerprint density at radius 3 is 2.28 bits per heavy atom. The maximum absolute atomic E-state index is 14.1. The third-order valence-electron chi connectivity index (χ3n) is 2.56. The highest BCUT2D eigenvalue weighted by Gasteiger charge is 2.24. The Hall–Kier alpha value is -1.53. The molecule has 1 aromatic rings. The lowest BCUT2D eigenvalue weighted by atomic mass is 10.1. The van der Waals surface area contributed by atoms with Crippen LogP contribution in [0.25, 0.3) is 0 Å². The molecule has 0 aliphatic carbocycles. The highest BCUT2D eigenvalue weighted by Crippen LogP contribution is 2.40. The summed E-state index contributed by atoms with van der Waals surface area (Å²) in [6.07, 6.45) is -0.903. The average molecular weight is 259 g/mol.